The van der Waals surface area contributed by atoms with Gasteiger partial charge in [0.05, 0.1) is 19.7 Å². The Morgan fingerprint density at radius 1 is 1.00 bits per heavy atom. The first-order chi connectivity index (χ1) is 13.6. The highest BCUT2D eigenvalue weighted by molar-refractivity contribution is 5.91. The average Bonchev–Trinajstić information content (AvgIpc) is 3.27. The molecule has 2 aromatic rings. The summed E-state index contributed by atoms with van der Waals surface area (Å²) in [6, 6.07) is 3.63. The molecule has 150 valence electrons. The maximum absolute atomic E-state index is 12.7. The molecule has 1 aromatic heterocycles. The highest BCUT2D eigenvalue weighted by Crippen LogP contribution is 2.35. The minimum atomic E-state index is 0.182. The molecule has 2 N–H and O–H groups in total. The van der Waals surface area contributed by atoms with Crippen molar-refractivity contribution in [1.29, 1.82) is 0 Å². The average molecular weight is 384 g/mol. The van der Waals surface area contributed by atoms with Gasteiger partial charge in [-0.3, -0.25) is 4.79 Å². The van der Waals surface area contributed by atoms with E-state index >= 15 is 0 Å². The molecule has 0 bridgehead atoms. The van der Waals surface area contributed by atoms with Gasteiger partial charge in [-0.25, -0.2) is 4.98 Å². The Kier molecular flexibility index (Phi) is 5.24. The van der Waals surface area contributed by atoms with E-state index in [1.807, 2.05) is 6.07 Å². The monoisotopic (exact) mass is 384 g/mol. The Bertz CT molecular complexity index is 872. The van der Waals surface area contributed by atoms with Crippen LogP contribution in [0.1, 0.15) is 38.5 Å². The molecule has 1 aromatic carbocycles. The lowest BCUT2D eigenvalue weighted by Gasteiger charge is -2.32. The van der Waals surface area contributed by atoms with Crippen molar-refractivity contribution in [2.75, 3.05) is 37.9 Å². The Morgan fingerprint density at radius 3 is 2.25 bits per heavy atom. The quantitative estimate of drug-likeness (QED) is 0.846. The van der Waals surface area contributed by atoms with Gasteiger partial charge in [0.2, 0.25) is 5.95 Å². The van der Waals surface area contributed by atoms with E-state index in [2.05, 4.69) is 9.88 Å². The second-order valence-electron chi connectivity index (χ2n) is 7.78. The zero-order valence-corrected chi connectivity index (χ0v) is 16.6. The predicted molar refractivity (Wildman–Crippen MR) is 109 cm³/mol. The number of nitrogens with two attached hydrogens (primary N) is 1. The van der Waals surface area contributed by atoms with Crippen LogP contribution in [0.25, 0.3) is 10.9 Å². The maximum atomic E-state index is 12.7. The lowest BCUT2D eigenvalue weighted by Crippen LogP contribution is -2.38. The van der Waals surface area contributed by atoms with Gasteiger partial charge in [-0.15, -0.1) is 0 Å². The number of nitrogens with zero attached hydrogens (tertiary/aromatic N) is 3. The van der Waals surface area contributed by atoms with Gasteiger partial charge in [-0.2, -0.15) is 4.98 Å². The first-order valence-electron chi connectivity index (χ1n) is 10.1. The third kappa shape index (κ3) is 3.45. The van der Waals surface area contributed by atoms with E-state index in [-0.39, 0.29) is 5.92 Å². The summed E-state index contributed by atoms with van der Waals surface area (Å²) in [4.78, 5) is 24.1. The van der Waals surface area contributed by atoms with Gasteiger partial charge in [0, 0.05) is 36.4 Å². The zero-order chi connectivity index (χ0) is 19.7. The lowest BCUT2D eigenvalue weighted by atomic mass is 9.85. The zero-order valence-electron chi connectivity index (χ0n) is 16.6. The van der Waals surface area contributed by atoms with E-state index in [0.717, 1.165) is 49.7 Å². The number of ether oxygens (including phenoxy) is 2. The van der Waals surface area contributed by atoms with Crippen LogP contribution in [0.5, 0.6) is 11.5 Å². The van der Waals surface area contributed by atoms with E-state index in [1.54, 1.807) is 20.3 Å². The van der Waals surface area contributed by atoms with Crippen molar-refractivity contribution in [1.82, 2.24) is 9.97 Å². The minimum absolute atomic E-state index is 0.182. The van der Waals surface area contributed by atoms with Crippen molar-refractivity contribution in [3.05, 3.63) is 12.1 Å². The van der Waals surface area contributed by atoms with Crippen LogP contribution < -0.4 is 20.1 Å². The second kappa shape index (κ2) is 7.81. The van der Waals surface area contributed by atoms with Gasteiger partial charge >= 0.3 is 0 Å². The number of carbonyl (C=O) groups excluding carboxylic acids is 1. The molecular weight excluding hydrogens is 356 g/mol. The summed E-state index contributed by atoms with van der Waals surface area (Å²) in [5.74, 6) is 3.21. The number of rotatable bonds is 5. The molecule has 2 heterocycles. The number of methoxy groups -OCH3 is 2. The number of carbonyl (C=O) groups is 1. The van der Waals surface area contributed by atoms with Crippen LogP contribution in [0.4, 0.5) is 11.8 Å². The third-order valence-electron chi connectivity index (χ3n) is 6.16. The van der Waals surface area contributed by atoms with E-state index in [9.17, 15) is 4.79 Å². The predicted octanol–water partition coefficient (Wildman–Crippen LogP) is 3.20. The summed E-state index contributed by atoms with van der Waals surface area (Å²) in [6.07, 6.45) is 6.29. The molecule has 0 amide bonds. The van der Waals surface area contributed by atoms with E-state index in [4.69, 9.17) is 20.2 Å². The smallest absolute Gasteiger partial charge is 0.227 e. The standard InChI is InChI=1S/C21H28N4O3/c1-27-17-11-15-16(12-18(17)28-2)23-21(24-20(15)22)25-9-7-14(8-10-25)19(26)13-5-3-4-6-13/h11-14H,3-10H2,1-2H3,(H2,22,23,24). The molecule has 1 saturated carbocycles. The molecule has 4 rings (SSSR count). The fourth-order valence-corrected chi connectivity index (χ4v) is 4.52. The number of nitrogen functional groups attached to an aromatic ring is 1. The van der Waals surface area contributed by atoms with Crippen LogP contribution in [0, 0.1) is 11.8 Å². The Morgan fingerprint density at radius 2 is 1.61 bits per heavy atom. The molecule has 0 radical (unpaired) electrons. The fourth-order valence-electron chi connectivity index (χ4n) is 4.52. The van der Waals surface area contributed by atoms with Gasteiger partial charge < -0.3 is 20.1 Å². The summed E-state index contributed by atoms with van der Waals surface area (Å²) in [6.45, 7) is 1.56. The highest BCUT2D eigenvalue weighted by atomic mass is 16.5. The summed E-state index contributed by atoms with van der Waals surface area (Å²) in [7, 11) is 3.19. The third-order valence-corrected chi connectivity index (χ3v) is 6.16. The first-order valence-corrected chi connectivity index (χ1v) is 10.1. The minimum Gasteiger partial charge on any atom is -0.493 e. The number of hydrogen-bond acceptors (Lipinski definition) is 7. The number of fused-ring (bicyclic) bond motifs is 1. The fraction of sp³-hybridized carbons (Fsp3) is 0.571. The van der Waals surface area contributed by atoms with Crippen LogP contribution in [0.2, 0.25) is 0 Å². The molecule has 1 aliphatic heterocycles. The SMILES string of the molecule is COc1cc2nc(N3CCC(C(=O)C4CCCC4)CC3)nc(N)c2cc1OC. The molecule has 0 atom stereocenters. The molecule has 2 fully saturated rings. The van der Waals surface area contributed by atoms with Gasteiger partial charge in [-0.1, -0.05) is 12.8 Å². The van der Waals surface area contributed by atoms with Crippen molar-refractivity contribution in [3.8, 4) is 11.5 Å². The van der Waals surface area contributed by atoms with Gasteiger partial charge in [-0.05, 0) is 31.7 Å². The normalized spacial score (nSPS) is 18.6. The summed E-state index contributed by atoms with van der Waals surface area (Å²) >= 11 is 0. The van der Waals surface area contributed by atoms with E-state index in [0.29, 0.717) is 35.0 Å². The molecule has 0 unspecified atom stereocenters. The van der Waals surface area contributed by atoms with Gasteiger partial charge in [0.1, 0.15) is 11.6 Å². The highest BCUT2D eigenvalue weighted by Gasteiger charge is 2.32. The van der Waals surface area contributed by atoms with Gasteiger partial charge in [0.25, 0.3) is 0 Å². The van der Waals surface area contributed by atoms with Gasteiger partial charge in [0.15, 0.2) is 11.5 Å². The topological polar surface area (TPSA) is 90.6 Å². The van der Waals surface area contributed by atoms with E-state index < -0.39 is 0 Å². The number of anilines is 2. The van der Waals surface area contributed by atoms with E-state index in [1.165, 1.54) is 12.8 Å². The van der Waals surface area contributed by atoms with Crippen molar-refractivity contribution in [2.24, 2.45) is 11.8 Å². The number of benzene rings is 1. The molecule has 7 nitrogen and oxygen atoms in total. The van der Waals surface area contributed by atoms with Crippen LogP contribution in [-0.4, -0.2) is 43.1 Å². The molecule has 2 aliphatic rings. The first kappa shape index (κ1) is 18.8. The summed E-state index contributed by atoms with van der Waals surface area (Å²) in [5, 5.41) is 0.743. The van der Waals surface area contributed by atoms with Crippen LogP contribution >= 0.6 is 0 Å². The Labute approximate surface area is 165 Å². The molecule has 0 spiro atoms. The Hall–Kier alpha value is -2.57. The van der Waals surface area contributed by atoms with Crippen LogP contribution in [0.3, 0.4) is 0 Å². The molecule has 7 heteroatoms. The molecule has 28 heavy (non-hydrogen) atoms. The largest absolute Gasteiger partial charge is 0.493 e. The molecule has 1 aliphatic carbocycles. The van der Waals surface area contributed by atoms with Crippen molar-refractivity contribution in [3.63, 3.8) is 0 Å². The van der Waals surface area contributed by atoms with Crippen LogP contribution in [0.15, 0.2) is 12.1 Å². The number of aromatic nitrogens is 2. The molecule has 1 saturated heterocycles. The van der Waals surface area contributed by atoms with Crippen LogP contribution in [-0.2, 0) is 4.79 Å². The Balaban J connectivity index is 1.52. The number of piperidine rings is 1. The maximum Gasteiger partial charge on any atom is 0.227 e. The summed E-state index contributed by atoms with van der Waals surface area (Å²) < 4.78 is 10.7. The summed E-state index contributed by atoms with van der Waals surface area (Å²) in [5.41, 5.74) is 6.94. The second-order valence-corrected chi connectivity index (χ2v) is 7.78. The van der Waals surface area contributed by atoms with Crippen molar-refractivity contribution in [2.45, 2.75) is 38.5 Å². The number of ketones is 1. The van der Waals surface area contributed by atoms with Crippen molar-refractivity contribution < 1.29 is 14.3 Å². The lowest BCUT2D eigenvalue weighted by molar-refractivity contribution is -0.127. The molecular formula is C21H28N4O3. The van der Waals surface area contributed by atoms with Crippen molar-refractivity contribution >= 4 is 28.5 Å². The number of Topliss-reactive ketones (excluding diaryl/α,β-unsaturated/α-hetero) is 1. The number of hydrogen-bond donors (Lipinski definition) is 1.